The van der Waals surface area contributed by atoms with Crippen LogP contribution in [0.2, 0.25) is 0 Å². The van der Waals surface area contributed by atoms with Gasteiger partial charge >= 0.3 is 0 Å². The zero-order chi connectivity index (χ0) is 32.3. The van der Waals surface area contributed by atoms with Crippen LogP contribution in [0.5, 0.6) is 5.88 Å². The van der Waals surface area contributed by atoms with E-state index in [9.17, 15) is 0 Å². The van der Waals surface area contributed by atoms with Crippen LogP contribution in [0.4, 0.5) is 11.5 Å². The molecule has 0 unspecified atom stereocenters. The molecule has 1 aromatic carbocycles. The number of aryl methyl sites for hydroxylation is 1. The number of anilines is 2. The Kier molecular flexibility index (Phi) is 7.74. The van der Waals surface area contributed by atoms with Crippen molar-refractivity contribution in [2.75, 3.05) is 64.2 Å². The van der Waals surface area contributed by atoms with Crippen LogP contribution in [0.3, 0.4) is 0 Å². The van der Waals surface area contributed by atoms with Crippen molar-refractivity contribution in [1.82, 2.24) is 25.3 Å². The number of aromatic nitrogens is 3. The molecule has 12 heteroatoms. The summed E-state index contributed by atoms with van der Waals surface area (Å²) in [7, 11) is 3.91. The van der Waals surface area contributed by atoms with E-state index in [1.165, 1.54) is 11.1 Å². The second-order valence-electron chi connectivity index (χ2n) is 14.2. The van der Waals surface area contributed by atoms with Gasteiger partial charge in [0, 0.05) is 56.2 Å². The van der Waals surface area contributed by atoms with E-state index in [0.29, 0.717) is 37.2 Å². The molecule has 2 aromatic heterocycles. The quantitative estimate of drug-likeness (QED) is 0.277. The number of hydrogen-bond acceptors (Lipinski definition) is 12. The molecular weight excluding hydrogens is 596 g/mol. The highest BCUT2D eigenvalue weighted by Gasteiger charge is 2.49. The molecular formula is C35H46N8O4. The second-order valence-corrected chi connectivity index (χ2v) is 14.2. The summed E-state index contributed by atoms with van der Waals surface area (Å²) in [6, 6.07) is 6.26. The minimum absolute atomic E-state index is 0.0505. The molecule has 0 saturated carbocycles. The number of likely N-dealkylation sites (tertiary alicyclic amines) is 1. The van der Waals surface area contributed by atoms with Crippen molar-refractivity contribution in [3.63, 3.8) is 0 Å². The molecule has 2 spiro atoms. The summed E-state index contributed by atoms with van der Waals surface area (Å²) in [6.07, 6.45) is 5.66. The third kappa shape index (κ3) is 5.03. The SMILES string of the molecule is C=NCc1c(N)ccc2c1[C@]1(CCCc3c(-c4nc(O[C@@H](C)[C@@H]5[C@@H](OC)CCN5C)cc(N5CCNC6(COC6)C5)n4)noc31)CC2. The Balaban J connectivity index is 1.20. The highest BCUT2D eigenvalue weighted by Crippen LogP contribution is 2.54. The third-order valence-corrected chi connectivity index (χ3v) is 11.4. The van der Waals surface area contributed by atoms with Crippen molar-refractivity contribution in [1.29, 1.82) is 0 Å². The van der Waals surface area contributed by atoms with Gasteiger partial charge in [-0.15, -0.1) is 0 Å². The Labute approximate surface area is 276 Å². The fraction of sp³-hybridized carbons (Fsp3) is 0.600. The van der Waals surface area contributed by atoms with Crippen molar-refractivity contribution in [3.8, 4) is 17.4 Å². The van der Waals surface area contributed by atoms with Crippen LogP contribution < -0.4 is 20.7 Å². The van der Waals surface area contributed by atoms with Gasteiger partial charge in [0.1, 0.15) is 11.9 Å². The minimum Gasteiger partial charge on any atom is -0.473 e. The standard InChI is InChI=1S/C35H46N8O4/c1-21(31-26(44-4)10-14-42(31)3)46-28-16-27(43-15-13-38-34(18-43)19-45-20-34)39-33(40-28)30-23-6-5-11-35(32(23)47-41-30)12-9-22-7-8-25(36)24(17-37-2)29(22)35/h7-8,16,21,26,31,38H,2,5-6,9-15,17-20,36H2,1,3-4H3/t21-,26-,31+,35-/m0/s1. The predicted octanol–water partition coefficient (Wildman–Crippen LogP) is 3.15. The first-order valence-corrected chi connectivity index (χ1v) is 17.0. The zero-order valence-electron chi connectivity index (χ0n) is 27.8. The Hall–Kier alpha value is -3.58. The van der Waals surface area contributed by atoms with Gasteiger partial charge in [-0.3, -0.25) is 9.89 Å². The van der Waals surface area contributed by atoms with Gasteiger partial charge in [-0.05, 0) is 76.4 Å². The van der Waals surface area contributed by atoms with Crippen LogP contribution in [-0.2, 0) is 34.3 Å². The number of piperazine rings is 1. The Bertz CT molecular complexity index is 1670. The molecule has 2 aliphatic carbocycles. The molecule has 0 amide bonds. The lowest BCUT2D eigenvalue weighted by Gasteiger charge is -2.49. The summed E-state index contributed by atoms with van der Waals surface area (Å²) >= 11 is 0. The first kappa shape index (κ1) is 30.7. The maximum atomic E-state index is 6.67. The largest absolute Gasteiger partial charge is 0.473 e. The second kappa shape index (κ2) is 11.8. The van der Waals surface area contributed by atoms with Crippen LogP contribution >= 0.6 is 0 Å². The van der Waals surface area contributed by atoms with E-state index in [1.807, 2.05) is 12.1 Å². The maximum absolute atomic E-state index is 6.67. The molecule has 0 radical (unpaired) electrons. The number of hydrogen-bond donors (Lipinski definition) is 2. The Morgan fingerprint density at radius 1 is 1.21 bits per heavy atom. The molecule has 5 aliphatic rings. The lowest BCUT2D eigenvalue weighted by atomic mass is 9.68. The molecule has 3 aromatic rings. The zero-order valence-corrected chi connectivity index (χ0v) is 27.8. The highest BCUT2D eigenvalue weighted by atomic mass is 16.5. The van der Waals surface area contributed by atoms with Gasteiger partial charge in [-0.2, -0.15) is 4.98 Å². The number of nitrogen functional groups attached to an aromatic ring is 1. The van der Waals surface area contributed by atoms with E-state index in [0.717, 1.165) is 93.1 Å². The Morgan fingerprint density at radius 2 is 2.09 bits per heavy atom. The number of methoxy groups -OCH3 is 1. The monoisotopic (exact) mass is 642 g/mol. The van der Waals surface area contributed by atoms with Gasteiger partial charge in [0.2, 0.25) is 5.88 Å². The number of benzene rings is 1. The molecule has 0 bridgehead atoms. The summed E-state index contributed by atoms with van der Waals surface area (Å²) in [4.78, 5) is 19.1. The number of aliphatic imine (C=N–C) groups is 1. The van der Waals surface area contributed by atoms with Crippen LogP contribution in [0.1, 0.15) is 60.6 Å². The first-order chi connectivity index (χ1) is 22.8. The molecule has 3 N–H and O–H groups in total. The number of ether oxygens (including phenoxy) is 3. The predicted molar refractivity (Wildman–Crippen MR) is 179 cm³/mol. The van der Waals surface area contributed by atoms with E-state index < -0.39 is 0 Å². The molecule has 5 heterocycles. The summed E-state index contributed by atoms with van der Waals surface area (Å²) in [5, 5.41) is 8.39. The van der Waals surface area contributed by atoms with Crippen LogP contribution in [0.25, 0.3) is 11.5 Å². The van der Waals surface area contributed by atoms with E-state index in [1.54, 1.807) is 7.11 Å². The fourth-order valence-corrected chi connectivity index (χ4v) is 9.07. The topological polar surface area (TPSA) is 136 Å². The van der Waals surface area contributed by atoms with Crippen molar-refractivity contribution in [2.24, 2.45) is 4.99 Å². The van der Waals surface area contributed by atoms with Gasteiger partial charge < -0.3 is 34.7 Å². The fourth-order valence-electron chi connectivity index (χ4n) is 9.07. The van der Waals surface area contributed by atoms with Gasteiger partial charge in [-0.1, -0.05) is 11.2 Å². The van der Waals surface area contributed by atoms with Gasteiger partial charge in [-0.25, -0.2) is 4.98 Å². The number of rotatable bonds is 8. The first-order valence-electron chi connectivity index (χ1n) is 17.0. The van der Waals surface area contributed by atoms with Gasteiger partial charge in [0.15, 0.2) is 17.3 Å². The smallest absolute Gasteiger partial charge is 0.219 e. The molecule has 3 aliphatic heterocycles. The third-order valence-electron chi connectivity index (χ3n) is 11.4. The van der Waals surface area contributed by atoms with E-state index in [4.69, 9.17) is 39.6 Å². The molecule has 3 fully saturated rings. The van der Waals surface area contributed by atoms with E-state index in [-0.39, 0.29) is 29.2 Å². The lowest BCUT2D eigenvalue weighted by Crippen LogP contribution is -2.70. The average molecular weight is 643 g/mol. The molecule has 47 heavy (non-hydrogen) atoms. The number of nitrogens with zero attached hydrogens (tertiary/aromatic N) is 6. The average Bonchev–Trinajstić information content (AvgIpc) is 3.78. The van der Waals surface area contributed by atoms with Crippen LogP contribution in [-0.4, -0.2) is 104 Å². The number of nitrogens with one attached hydrogen (secondary N) is 1. The van der Waals surface area contributed by atoms with Crippen molar-refractivity contribution >= 4 is 18.2 Å². The minimum atomic E-state index is -0.299. The summed E-state index contributed by atoms with van der Waals surface area (Å²) in [6.45, 7) is 11.2. The maximum Gasteiger partial charge on any atom is 0.219 e. The number of fused-ring (bicyclic) bond motifs is 4. The summed E-state index contributed by atoms with van der Waals surface area (Å²) < 4.78 is 24.5. The molecule has 3 saturated heterocycles. The van der Waals surface area contributed by atoms with Crippen molar-refractivity contribution < 1.29 is 18.7 Å². The van der Waals surface area contributed by atoms with Crippen molar-refractivity contribution in [2.45, 2.75) is 81.2 Å². The summed E-state index contributed by atoms with van der Waals surface area (Å²) in [5.41, 5.74) is 12.3. The van der Waals surface area contributed by atoms with E-state index >= 15 is 0 Å². The molecule has 12 nitrogen and oxygen atoms in total. The van der Waals surface area contributed by atoms with Crippen molar-refractivity contribution in [3.05, 3.63) is 46.2 Å². The lowest BCUT2D eigenvalue weighted by molar-refractivity contribution is -0.0743. The van der Waals surface area contributed by atoms with Crippen LogP contribution in [0, 0.1) is 0 Å². The molecule has 4 atom stereocenters. The van der Waals surface area contributed by atoms with Gasteiger partial charge in [0.25, 0.3) is 0 Å². The number of likely N-dealkylation sites (N-methyl/N-ethyl adjacent to an activating group) is 1. The Morgan fingerprint density at radius 3 is 2.87 bits per heavy atom. The van der Waals surface area contributed by atoms with E-state index in [2.05, 4.69) is 46.9 Å². The van der Waals surface area contributed by atoms with Gasteiger partial charge in [0.05, 0.1) is 42.9 Å². The normalized spacial score (nSPS) is 27.1. The highest BCUT2D eigenvalue weighted by molar-refractivity contribution is 5.66. The summed E-state index contributed by atoms with van der Waals surface area (Å²) in [5.74, 6) is 2.81. The molecule has 250 valence electrons. The molecule has 8 rings (SSSR count). The van der Waals surface area contributed by atoms with Crippen LogP contribution in [0.15, 0.2) is 27.7 Å². The number of nitrogens with two attached hydrogens (primary N) is 1.